The average Bonchev–Trinajstić information content (AvgIpc) is 2.92. The van der Waals surface area contributed by atoms with Gasteiger partial charge in [0, 0.05) is 10.9 Å². The summed E-state index contributed by atoms with van der Waals surface area (Å²) < 4.78 is 0. The molecule has 114 valence electrons. The van der Waals surface area contributed by atoms with Crippen molar-refractivity contribution in [2.45, 2.75) is 55.5 Å². The van der Waals surface area contributed by atoms with Gasteiger partial charge in [0.05, 0.1) is 0 Å². The van der Waals surface area contributed by atoms with Gasteiger partial charge >= 0.3 is 5.97 Å². The molecule has 1 fully saturated rings. The van der Waals surface area contributed by atoms with Crippen molar-refractivity contribution in [3.05, 3.63) is 29.8 Å². The normalized spacial score (nSPS) is 29.3. The van der Waals surface area contributed by atoms with Crippen molar-refractivity contribution in [2.24, 2.45) is 0 Å². The lowest BCUT2D eigenvalue weighted by atomic mass is 9.88. The average molecular weight is 305 g/mol. The summed E-state index contributed by atoms with van der Waals surface area (Å²) in [5, 5.41) is 9.90. The Morgan fingerprint density at radius 2 is 2.29 bits per heavy atom. The molecule has 21 heavy (non-hydrogen) atoms. The van der Waals surface area contributed by atoms with Gasteiger partial charge in [-0.05, 0) is 49.6 Å². The van der Waals surface area contributed by atoms with E-state index in [2.05, 4.69) is 36.1 Å². The van der Waals surface area contributed by atoms with Gasteiger partial charge in [-0.15, -0.1) is 11.8 Å². The molecule has 2 atom stereocenters. The Balaban J connectivity index is 1.98. The van der Waals surface area contributed by atoms with Gasteiger partial charge in [0.2, 0.25) is 0 Å². The molecule has 2 aliphatic rings. The van der Waals surface area contributed by atoms with Crippen LogP contribution in [-0.2, 0) is 4.79 Å². The second kappa shape index (κ2) is 6.01. The van der Waals surface area contributed by atoms with Gasteiger partial charge in [0.15, 0.2) is 0 Å². The summed E-state index contributed by atoms with van der Waals surface area (Å²) in [4.78, 5) is 15.7. The third kappa shape index (κ3) is 2.49. The zero-order chi connectivity index (χ0) is 14.9. The number of carbonyl (C=O) groups is 1. The second-order valence-corrected chi connectivity index (χ2v) is 7.21. The molecule has 3 rings (SSSR count). The number of fused-ring (bicyclic) bond motifs is 1. The van der Waals surface area contributed by atoms with Crippen LogP contribution < -0.4 is 0 Å². The molecular formula is C17H23NO2S. The Morgan fingerprint density at radius 1 is 1.48 bits per heavy atom. The van der Waals surface area contributed by atoms with Crippen molar-refractivity contribution in [1.29, 1.82) is 0 Å². The Bertz CT molecular complexity index is 533. The van der Waals surface area contributed by atoms with E-state index in [1.807, 2.05) is 11.8 Å². The lowest BCUT2D eigenvalue weighted by molar-refractivity contribution is -0.152. The Hall–Kier alpha value is -1.00. The van der Waals surface area contributed by atoms with E-state index in [-0.39, 0.29) is 6.04 Å². The largest absolute Gasteiger partial charge is 0.480 e. The molecule has 3 nitrogen and oxygen atoms in total. The van der Waals surface area contributed by atoms with Gasteiger partial charge in [-0.25, -0.2) is 0 Å². The first-order chi connectivity index (χ1) is 10.2. The van der Waals surface area contributed by atoms with E-state index in [0.29, 0.717) is 0 Å². The molecule has 1 aromatic carbocycles. The van der Waals surface area contributed by atoms with Crippen LogP contribution in [0, 0.1) is 0 Å². The number of likely N-dealkylation sites (tertiary alicyclic amines) is 1. The van der Waals surface area contributed by atoms with E-state index in [9.17, 15) is 9.90 Å². The van der Waals surface area contributed by atoms with E-state index in [4.69, 9.17) is 0 Å². The van der Waals surface area contributed by atoms with Crippen molar-refractivity contribution in [2.75, 3.05) is 12.3 Å². The van der Waals surface area contributed by atoms with Crippen LogP contribution in [0.25, 0.3) is 0 Å². The van der Waals surface area contributed by atoms with Crippen LogP contribution in [0.15, 0.2) is 29.2 Å². The monoisotopic (exact) mass is 305 g/mol. The smallest absolute Gasteiger partial charge is 0.324 e. The number of hydrogen-bond acceptors (Lipinski definition) is 3. The molecule has 1 aromatic rings. The number of hydrogen-bond donors (Lipinski definition) is 1. The molecule has 0 bridgehead atoms. The van der Waals surface area contributed by atoms with E-state index in [1.54, 1.807) is 0 Å². The van der Waals surface area contributed by atoms with Gasteiger partial charge in [-0.3, -0.25) is 9.69 Å². The summed E-state index contributed by atoms with van der Waals surface area (Å²) in [6.45, 7) is 3.00. The molecule has 0 amide bonds. The third-order valence-electron chi connectivity index (χ3n) is 4.90. The minimum absolute atomic E-state index is 0.271. The Morgan fingerprint density at radius 3 is 3.05 bits per heavy atom. The summed E-state index contributed by atoms with van der Waals surface area (Å²) in [6, 6.07) is 8.78. The highest BCUT2D eigenvalue weighted by atomic mass is 32.2. The van der Waals surface area contributed by atoms with Crippen molar-refractivity contribution >= 4 is 17.7 Å². The SMILES string of the molecule is CCCC1(C(=O)O)CCCN1C1CCSc2ccccc21. The quantitative estimate of drug-likeness (QED) is 0.914. The van der Waals surface area contributed by atoms with Gasteiger partial charge in [0.25, 0.3) is 0 Å². The summed E-state index contributed by atoms with van der Waals surface area (Å²) in [5.74, 6) is 0.456. The highest BCUT2D eigenvalue weighted by Gasteiger charge is 2.50. The molecule has 0 spiro atoms. The van der Waals surface area contributed by atoms with E-state index in [0.717, 1.165) is 44.4 Å². The molecular weight excluding hydrogens is 282 g/mol. The molecule has 0 aliphatic carbocycles. The first-order valence-corrected chi connectivity index (χ1v) is 8.89. The number of benzene rings is 1. The zero-order valence-corrected chi connectivity index (χ0v) is 13.4. The molecule has 0 aromatic heterocycles. The molecule has 1 saturated heterocycles. The lowest BCUT2D eigenvalue weighted by Crippen LogP contribution is -2.52. The molecule has 2 heterocycles. The van der Waals surface area contributed by atoms with E-state index < -0.39 is 11.5 Å². The van der Waals surface area contributed by atoms with Crippen LogP contribution >= 0.6 is 11.8 Å². The molecule has 4 heteroatoms. The van der Waals surface area contributed by atoms with E-state index in [1.165, 1.54) is 10.5 Å². The molecule has 0 radical (unpaired) electrons. The predicted octanol–water partition coefficient (Wildman–Crippen LogP) is 3.94. The van der Waals surface area contributed by atoms with Crippen LogP contribution in [0.2, 0.25) is 0 Å². The maximum atomic E-state index is 12.0. The van der Waals surface area contributed by atoms with Crippen LogP contribution in [0.3, 0.4) is 0 Å². The minimum atomic E-state index is -0.644. The third-order valence-corrected chi connectivity index (χ3v) is 6.03. The predicted molar refractivity (Wildman–Crippen MR) is 85.7 cm³/mol. The fraction of sp³-hybridized carbons (Fsp3) is 0.588. The van der Waals surface area contributed by atoms with Crippen LogP contribution in [0.4, 0.5) is 0 Å². The zero-order valence-electron chi connectivity index (χ0n) is 12.5. The Labute approximate surface area is 130 Å². The Kier molecular flexibility index (Phi) is 4.27. The fourth-order valence-corrected chi connectivity index (χ4v) is 5.13. The van der Waals surface area contributed by atoms with Crippen molar-refractivity contribution in [3.63, 3.8) is 0 Å². The number of thioether (sulfide) groups is 1. The number of rotatable bonds is 4. The molecule has 0 saturated carbocycles. The number of carboxylic acid groups (broad SMARTS) is 1. The van der Waals surface area contributed by atoms with E-state index >= 15 is 0 Å². The highest BCUT2D eigenvalue weighted by Crippen LogP contribution is 2.46. The van der Waals surface area contributed by atoms with Crippen molar-refractivity contribution < 1.29 is 9.90 Å². The molecule has 2 unspecified atom stereocenters. The highest BCUT2D eigenvalue weighted by molar-refractivity contribution is 7.99. The fourth-order valence-electron chi connectivity index (χ4n) is 4.02. The van der Waals surface area contributed by atoms with Crippen molar-refractivity contribution in [3.8, 4) is 0 Å². The first kappa shape index (κ1) is 14.9. The summed E-state index contributed by atoms with van der Waals surface area (Å²) in [5.41, 5.74) is 0.687. The first-order valence-electron chi connectivity index (χ1n) is 7.91. The van der Waals surface area contributed by atoms with Gasteiger partial charge < -0.3 is 5.11 Å². The molecule has 2 aliphatic heterocycles. The number of carboxylic acids is 1. The van der Waals surface area contributed by atoms with Crippen LogP contribution in [0.5, 0.6) is 0 Å². The number of nitrogens with zero attached hydrogens (tertiary/aromatic N) is 1. The maximum absolute atomic E-state index is 12.0. The summed E-state index contributed by atoms with van der Waals surface area (Å²) in [7, 11) is 0. The topological polar surface area (TPSA) is 40.5 Å². The minimum Gasteiger partial charge on any atom is -0.480 e. The van der Waals surface area contributed by atoms with Gasteiger partial charge in [0.1, 0.15) is 5.54 Å². The molecule has 1 N–H and O–H groups in total. The summed E-state index contributed by atoms with van der Waals surface area (Å²) in [6.07, 6.45) is 4.53. The second-order valence-electron chi connectivity index (χ2n) is 6.07. The number of aliphatic carboxylic acids is 1. The lowest BCUT2D eigenvalue weighted by Gasteiger charge is -2.42. The van der Waals surface area contributed by atoms with Crippen molar-refractivity contribution in [1.82, 2.24) is 4.90 Å². The summed E-state index contributed by atoms with van der Waals surface area (Å²) >= 11 is 1.90. The van der Waals surface area contributed by atoms with Crippen LogP contribution in [-0.4, -0.2) is 33.8 Å². The van der Waals surface area contributed by atoms with Gasteiger partial charge in [-0.2, -0.15) is 0 Å². The van der Waals surface area contributed by atoms with Crippen LogP contribution in [0.1, 0.15) is 50.6 Å². The van der Waals surface area contributed by atoms with Gasteiger partial charge in [-0.1, -0.05) is 31.5 Å². The standard InChI is InChI=1S/C17H23NO2S/c1-2-9-17(16(19)20)10-5-11-18(17)14-8-12-21-15-7-4-3-6-13(14)15/h3-4,6-7,14H,2,5,8-12H2,1H3,(H,19,20). The maximum Gasteiger partial charge on any atom is 0.324 e.